The summed E-state index contributed by atoms with van der Waals surface area (Å²) in [5.74, 6) is 2.18. The number of nitrogens with zero attached hydrogens (tertiary/aromatic N) is 2. The first-order chi connectivity index (χ1) is 20.6. The maximum absolute atomic E-state index is 12.4. The van der Waals surface area contributed by atoms with Crippen molar-refractivity contribution in [1.82, 2.24) is 9.88 Å². The molecule has 1 fully saturated rings. The molecule has 1 aliphatic rings. The quantitative estimate of drug-likeness (QED) is 0.219. The third-order valence-electron chi connectivity index (χ3n) is 7.07. The Morgan fingerprint density at radius 1 is 1.05 bits per heavy atom. The van der Waals surface area contributed by atoms with Crippen molar-refractivity contribution in [3.8, 4) is 23.0 Å². The summed E-state index contributed by atoms with van der Waals surface area (Å²) >= 11 is 1.49. The molecule has 5 aromatic rings. The van der Waals surface area contributed by atoms with Crippen LogP contribution in [0.2, 0.25) is 0 Å². The normalized spacial score (nSPS) is 14.5. The minimum Gasteiger partial charge on any atom is -0.493 e. The zero-order chi connectivity index (χ0) is 28.9. The fourth-order valence-corrected chi connectivity index (χ4v) is 5.54. The molecule has 2 aromatic heterocycles. The van der Waals surface area contributed by atoms with E-state index in [2.05, 4.69) is 15.2 Å². The van der Waals surface area contributed by atoms with Gasteiger partial charge in [-0.15, -0.1) is 0 Å². The molecule has 1 amide bonds. The molecule has 0 bridgehead atoms. The van der Waals surface area contributed by atoms with Crippen LogP contribution in [0.1, 0.15) is 10.4 Å². The molecule has 0 saturated carbocycles. The van der Waals surface area contributed by atoms with Crippen molar-refractivity contribution in [2.24, 2.45) is 0 Å². The number of aliphatic hydroxyl groups is 1. The Balaban J connectivity index is 1.16. The average molecular weight is 586 g/mol. The number of benzene rings is 3. The summed E-state index contributed by atoms with van der Waals surface area (Å²) in [6.07, 6.45) is 1.04. The summed E-state index contributed by atoms with van der Waals surface area (Å²) in [6, 6.07) is 18.8. The number of ether oxygens (including phenoxy) is 4. The van der Waals surface area contributed by atoms with E-state index in [0.29, 0.717) is 53.8 Å². The van der Waals surface area contributed by atoms with Crippen LogP contribution < -0.4 is 19.5 Å². The van der Waals surface area contributed by atoms with Crippen LogP contribution >= 0.6 is 11.3 Å². The summed E-state index contributed by atoms with van der Waals surface area (Å²) in [7, 11) is 1.58. The van der Waals surface area contributed by atoms with E-state index < -0.39 is 6.10 Å². The number of nitrogens with one attached hydrogen (secondary N) is 1. The van der Waals surface area contributed by atoms with Gasteiger partial charge in [0.25, 0.3) is 5.91 Å². The number of aliphatic hydroxyl groups excluding tert-OH is 1. The number of hydrogen-bond donors (Lipinski definition) is 2. The van der Waals surface area contributed by atoms with Crippen LogP contribution in [0.15, 0.2) is 77.6 Å². The molecule has 1 aliphatic heterocycles. The third-order valence-corrected chi connectivity index (χ3v) is 7.75. The predicted molar refractivity (Wildman–Crippen MR) is 163 cm³/mol. The monoisotopic (exact) mass is 585 g/mol. The molecule has 0 spiro atoms. The van der Waals surface area contributed by atoms with Gasteiger partial charge in [-0.3, -0.25) is 14.7 Å². The molecule has 1 unspecified atom stereocenters. The number of methoxy groups -OCH3 is 1. The van der Waals surface area contributed by atoms with Crippen LogP contribution in [-0.4, -0.2) is 73.6 Å². The number of rotatable bonds is 10. The van der Waals surface area contributed by atoms with Crippen molar-refractivity contribution in [2.75, 3.05) is 51.9 Å². The van der Waals surface area contributed by atoms with Gasteiger partial charge in [-0.1, -0.05) is 12.1 Å². The van der Waals surface area contributed by atoms with Crippen molar-refractivity contribution in [1.29, 1.82) is 0 Å². The van der Waals surface area contributed by atoms with Crippen LogP contribution in [-0.2, 0) is 4.74 Å². The number of carbonyl (C=O) groups excluding carboxylic acids is 1. The van der Waals surface area contributed by atoms with Gasteiger partial charge >= 0.3 is 0 Å². The summed E-state index contributed by atoms with van der Waals surface area (Å²) < 4.78 is 23.3. The van der Waals surface area contributed by atoms with Crippen molar-refractivity contribution in [3.05, 3.63) is 83.2 Å². The second kappa shape index (κ2) is 12.7. The number of hydrogen-bond acceptors (Lipinski definition) is 9. The molecule has 10 heteroatoms. The molecule has 1 atom stereocenters. The van der Waals surface area contributed by atoms with Gasteiger partial charge in [-0.05, 0) is 58.6 Å². The Labute approximate surface area is 247 Å². The number of pyridine rings is 1. The highest BCUT2D eigenvalue weighted by Gasteiger charge is 2.18. The number of carbonyl (C=O) groups is 1. The van der Waals surface area contributed by atoms with Crippen LogP contribution in [0.25, 0.3) is 21.7 Å². The summed E-state index contributed by atoms with van der Waals surface area (Å²) in [5.41, 5.74) is 2.05. The van der Waals surface area contributed by atoms with E-state index in [-0.39, 0.29) is 12.5 Å². The molecule has 3 aromatic carbocycles. The van der Waals surface area contributed by atoms with Gasteiger partial charge in [-0.2, -0.15) is 11.3 Å². The van der Waals surface area contributed by atoms with Gasteiger partial charge in [0, 0.05) is 48.4 Å². The highest BCUT2D eigenvalue weighted by molar-refractivity contribution is 7.08. The first-order valence-electron chi connectivity index (χ1n) is 13.7. The van der Waals surface area contributed by atoms with Crippen LogP contribution in [0.5, 0.6) is 23.0 Å². The Morgan fingerprint density at radius 2 is 1.88 bits per heavy atom. The lowest BCUT2D eigenvalue weighted by atomic mass is 10.1. The maximum Gasteiger partial charge on any atom is 0.256 e. The SMILES string of the molecule is COc1cc2c(Oc3ccc4cc(NC(=O)c5ccsc5)ccc4c3)ccnc2cc1OCC(O)CN1CCOCC1. The lowest BCUT2D eigenvalue weighted by molar-refractivity contribution is 0.00446. The molecule has 2 N–H and O–H groups in total. The minimum atomic E-state index is -0.646. The molecule has 6 rings (SSSR count). The Hall–Kier alpha value is -4.22. The summed E-state index contributed by atoms with van der Waals surface area (Å²) in [6.45, 7) is 3.61. The van der Waals surface area contributed by atoms with E-state index in [0.717, 1.165) is 34.9 Å². The van der Waals surface area contributed by atoms with Crippen molar-refractivity contribution in [2.45, 2.75) is 6.10 Å². The Bertz CT molecular complexity index is 1690. The molecule has 9 nitrogen and oxygen atoms in total. The Morgan fingerprint density at radius 3 is 2.69 bits per heavy atom. The predicted octanol–water partition coefficient (Wildman–Crippen LogP) is 5.57. The third kappa shape index (κ3) is 6.47. The largest absolute Gasteiger partial charge is 0.493 e. The van der Waals surface area contributed by atoms with Crippen molar-refractivity contribution >= 4 is 44.6 Å². The number of β-amino-alcohol motifs (C(OH)–C–C–N with tert-alkyl or cyclic N) is 1. The molecule has 1 saturated heterocycles. The maximum atomic E-state index is 12.4. The number of thiophene rings is 1. The first kappa shape index (κ1) is 27.9. The van der Waals surface area contributed by atoms with Gasteiger partial charge in [0.15, 0.2) is 11.5 Å². The lowest BCUT2D eigenvalue weighted by Crippen LogP contribution is -2.42. The minimum absolute atomic E-state index is 0.131. The van der Waals surface area contributed by atoms with Gasteiger partial charge in [-0.25, -0.2) is 0 Å². The van der Waals surface area contributed by atoms with E-state index in [4.69, 9.17) is 18.9 Å². The molecule has 42 heavy (non-hydrogen) atoms. The molecular formula is C32H31N3O6S. The van der Waals surface area contributed by atoms with Crippen molar-refractivity contribution in [3.63, 3.8) is 0 Å². The van der Waals surface area contributed by atoms with E-state index in [1.54, 1.807) is 25.4 Å². The topological polar surface area (TPSA) is 102 Å². The number of amides is 1. The first-order valence-corrected chi connectivity index (χ1v) is 14.6. The molecule has 3 heterocycles. The van der Waals surface area contributed by atoms with Gasteiger partial charge in [0.05, 0.1) is 31.4 Å². The van der Waals surface area contributed by atoms with E-state index in [1.807, 2.05) is 59.3 Å². The van der Waals surface area contributed by atoms with E-state index in [9.17, 15) is 9.90 Å². The highest BCUT2D eigenvalue weighted by Crippen LogP contribution is 2.37. The number of fused-ring (bicyclic) bond motifs is 2. The second-order valence-corrected chi connectivity index (χ2v) is 10.8. The highest BCUT2D eigenvalue weighted by atomic mass is 32.1. The van der Waals surface area contributed by atoms with E-state index >= 15 is 0 Å². The van der Waals surface area contributed by atoms with Gasteiger partial charge < -0.3 is 29.4 Å². The van der Waals surface area contributed by atoms with Crippen LogP contribution in [0.3, 0.4) is 0 Å². The van der Waals surface area contributed by atoms with Gasteiger partial charge in [0.2, 0.25) is 0 Å². The summed E-state index contributed by atoms with van der Waals surface area (Å²) in [4.78, 5) is 19.1. The second-order valence-electron chi connectivity index (χ2n) is 10.00. The zero-order valence-corrected chi connectivity index (χ0v) is 23.9. The average Bonchev–Trinajstić information content (AvgIpc) is 3.56. The standard InChI is InChI=1S/C32H31N3O6S/c1-38-30-16-27-28(17-31(30)40-19-25(36)18-35-9-11-39-12-10-35)33-8-6-29(27)41-26-5-3-21-14-24(4-2-22(21)15-26)34-32(37)23-7-13-42-20-23/h2-8,13-17,20,25,36H,9-12,18-19H2,1H3,(H,34,37). The zero-order valence-electron chi connectivity index (χ0n) is 23.1. The number of morpholine rings is 1. The molecular weight excluding hydrogens is 554 g/mol. The lowest BCUT2D eigenvalue weighted by Gasteiger charge is -2.28. The van der Waals surface area contributed by atoms with Crippen molar-refractivity contribution < 1.29 is 28.8 Å². The smallest absolute Gasteiger partial charge is 0.256 e. The molecule has 0 aliphatic carbocycles. The molecule has 216 valence electrons. The Kier molecular flexibility index (Phi) is 8.47. The van der Waals surface area contributed by atoms with Crippen LogP contribution in [0, 0.1) is 0 Å². The fraction of sp³-hybridized carbons (Fsp3) is 0.250. The summed E-state index contributed by atoms with van der Waals surface area (Å²) in [5, 5.41) is 19.9. The number of aromatic nitrogens is 1. The number of anilines is 1. The van der Waals surface area contributed by atoms with Gasteiger partial charge in [0.1, 0.15) is 24.2 Å². The van der Waals surface area contributed by atoms with E-state index in [1.165, 1.54) is 11.3 Å². The van der Waals surface area contributed by atoms with Crippen LogP contribution in [0.4, 0.5) is 5.69 Å². The molecule has 0 radical (unpaired) electrons. The fourth-order valence-electron chi connectivity index (χ4n) is 4.90.